The molecule has 1 aromatic heterocycles. The molecular formula is C20H29N5O3S. The van der Waals surface area contributed by atoms with E-state index >= 15 is 0 Å². The Hall–Kier alpha value is -2.13. The predicted octanol–water partition coefficient (Wildman–Crippen LogP) is 2.84. The Bertz CT molecular complexity index is 1030. The van der Waals surface area contributed by atoms with Gasteiger partial charge in [0.05, 0.1) is 31.1 Å². The van der Waals surface area contributed by atoms with E-state index in [1.54, 1.807) is 14.2 Å². The second kappa shape index (κ2) is 7.28. The van der Waals surface area contributed by atoms with Gasteiger partial charge < -0.3 is 14.4 Å². The van der Waals surface area contributed by atoms with Crippen LogP contribution in [0.25, 0.3) is 10.9 Å². The number of hydrogen-bond acceptors (Lipinski definition) is 7. The standard InChI is InChI=1S/C20H29N5O3S/c1-14-19(15-11-17(27-2)18(28-3)12-16(15)23-22-14)24-8-5-20(6-9-24)7-10-25(13-20)29(4,21)26/h11-12,21H,5-10,13H2,1-4H3. The van der Waals surface area contributed by atoms with Crippen molar-refractivity contribution >= 4 is 26.5 Å². The number of aromatic nitrogens is 2. The zero-order valence-electron chi connectivity index (χ0n) is 17.5. The Morgan fingerprint density at radius 1 is 1.07 bits per heavy atom. The van der Waals surface area contributed by atoms with Crippen molar-refractivity contribution in [3.8, 4) is 11.5 Å². The summed E-state index contributed by atoms with van der Waals surface area (Å²) in [6.45, 7) is 5.33. The molecule has 1 unspecified atom stereocenters. The van der Waals surface area contributed by atoms with Crippen LogP contribution in [0.1, 0.15) is 25.0 Å². The number of aryl methyl sites for hydroxylation is 1. The molecule has 2 saturated heterocycles. The van der Waals surface area contributed by atoms with Crippen molar-refractivity contribution < 1.29 is 13.7 Å². The number of piperidine rings is 1. The van der Waals surface area contributed by atoms with E-state index in [-0.39, 0.29) is 5.41 Å². The molecule has 0 bridgehead atoms. The van der Waals surface area contributed by atoms with Gasteiger partial charge in [0.25, 0.3) is 0 Å². The van der Waals surface area contributed by atoms with Crippen LogP contribution < -0.4 is 14.4 Å². The van der Waals surface area contributed by atoms with E-state index in [1.165, 1.54) is 6.26 Å². The first kappa shape index (κ1) is 20.2. The summed E-state index contributed by atoms with van der Waals surface area (Å²) in [6, 6.07) is 3.86. The predicted molar refractivity (Wildman–Crippen MR) is 114 cm³/mol. The Morgan fingerprint density at radius 3 is 2.28 bits per heavy atom. The third-order valence-electron chi connectivity index (χ3n) is 6.44. The van der Waals surface area contributed by atoms with Crippen LogP contribution in [0.4, 0.5) is 5.69 Å². The first-order valence-electron chi connectivity index (χ1n) is 9.89. The summed E-state index contributed by atoms with van der Waals surface area (Å²) in [7, 11) is 0.638. The number of nitrogens with zero attached hydrogens (tertiary/aromatic N) is 4. The van der Waals surface area contributed by atoms with Gasteiger partial charge in [-0.15, -0.1) is 5.10 Å². The van der Waals surface area contributed by atoms with Crippen LogP contribution in [-0.2, 0) is 9.92 Å². The van der Waals surface area contributed by atoms with Gasteiger partial charge in [-0.2, -0.15) is 5.10 Å². The van der Waals surface area contributed by atoms with Gasteiger partial charge in [-0.25, -0.2) is 13.3 Å². The van der Waals surface area contributed by atoms with E-state index in [9.17, 15) is 4.21 Å². The number of nitrogens with one attached hydrogen (secondary N) is 1. The van der Waals surface area contributed by atoms with E-state index in [4.69, 9.17) is 14.3 Å². The fraction of sp³-hybridized carbons (Fsp3) is 0.600. The average Bonchev–Trinajstić information content (AvgIpc) is 3.12. The number of hydrogen-bond donors (Lipinski definition) is 1. The molecule has 2 aliphatic rings. The van der Waals surface area contributed by atoms with Gasteiger partial charge >= 0.3 is 0 Å². The molecule has 2 aromatic rings. The molecule has 0 radical (unpaired) electrons. The van der Waals surface area contributed by atoms with E-state index in [0.717, 1.165) is 67.7 Å². The summed E-state index contributed by atoms with van der Waals surface area (Å²) in [6.07, 6.45) is 4.59. The van der Waals surface area contributed by atoms with Gasteiger partial charge in [0.1, 0.15) is 9.92 Å². The van der Waals surface area contributed by atoms with Crippen LogP contribution in [-0.4, -0.2) is 65.4 Å². The summed E-state index contributed by atoms with van der Waals surface area (Å²) < 4.78 is 32.8. The smallest absolute Gasteiger partial charge is 0.162 e. The largest absolute Gasteiger partial charge is 0.493 e. The van der Waals surface area contributed by atoms with Gasteiger partial charge in [0, 0.05) is 43.9 Å². The number of methoxy groups -OCH3 is 2. The molecule has 0 amide bonds. The van der Waals surface area contributed by atoms with Crippen molar-refractivity contribution in [3.63, 3.8) is 0 Å². The van der Waals surface area contributed by atoms with E-state index in [2.05, 4.69) is 15.1 Å². The summed E-state index contributed by atoms with van der Waals surface area (Å²) in [5.41, 5.74) is 2.95. The van der Waals surface area contributed by atoms with E-state index in [0.29, 0.717) is 11.5 Å². The highest BCUT2D eigenvalue weighted by atomic mass is 32.2. The van der Waals surface area contributed by atoms with Gasteiger partial charge in [0.15, 0.2) is 11.5 Å². The Balaban J connectivity index is 1.62. The van der Waals surface area contributed by atoms with Crippen LogP contribution in [0.2, 0.25) is 0 Å². The highest BCUT2D eigenvalue weighted by Gasteiger charge is 2.42. The SMILES string of the molecule is COc1cc2nnc(C)c(N3CCC4(CC3)CCN(S(C)(=N)=O)C4)c2cc1OC. The average molecular weight is 420 g/mol. The molecule has 3 heterocycles. The number of ether oxygens (including phenoxy) is 2. The third kappa shape index (κ3) is 3.61. The molecule has 8 nitrogen and oxygen atoms in total. The first-order valence-corrected chi connectivity index (χ1v) is 11.8. The normalized spacial score (nSPS) is 21.4. The van der Waals surface area contributed by atoms with Crippen LogP contribution in [0.15, 0.2) is 12.1 Å². The maximum absolute atomic E-state index is 12.1. The molecule has 1 N–H and O–H groups in total. The lowest BCUT2D eigenvalue weighted by atomic mass is 9.77. The second-order valence-electron chi connectivity index (χ2n) is 8.26. The monoisotopic (exact) mass is 419 g/mol. The molecule has 2 fully saturated rings. The zero-order chi connectivity index (χ0) is 20.8. The minimum Gasteiger partial charge on any atom is -0.493 e. The second-order valence-corrected chi connectivity index (χ2v) is 10.4. The topological polar surface area (TPSA) is 91.6 Å². The fourth-order valence-electron chi connectivity index (χ4n) is 4.72. The number of fused-ring (bicyclic) bond motifs is 1. The zero-order valence-corrected chi connectivity index (χ0v) is 18.3. The summed E-state index contributed by atoms with van der Waals surface area (Å²) >= 11 is 0. The molecule has 9 heteroatoms. The van der Waals surface area contributed by atoms with E-state index in [1.807, 2.05) is 23.4 Å². The Labute approximate surface area is 172 Å². The van der Waals surface area contributed by atoms with Crippen molar-refractivity contribution in [1.82, 2.24) is 14.5 Å². The van der Waals surface area contributed by atoms with Crippen molar-refractivity contribution in [3.05, 3.63) is 17.8 Å². The molecule has 2 aliphatic heterocycles. The highest BCUT2D eigenvalue weighted by Crippen LogP contribution is 2.44. The fourth-order valence-corrected chi connectivity index (χ4v) is 5.68. The molecule has 1 aromatic carbocycles. The number of anilines is 1. The van der Waals surface area contributed by atoms with Crippen LogP contribution in [0.5, 0.6) is 11.5 Å². The highest BCUT2D eigenvalue weighted by molar-refractivity contribution is 7.89. The van der Waals surface area contributed by atoms with Crippen LogP contribution in [0.3, 0.4) is 0 Å². The van der Waals surface area contributed by atoms with Crippen molar-refractivity contribution in [2.24, 2.45) is 5.41 Å². The Morgan fingerprint density at radius 2 is 1.69 bits per heavy atom. The van der Waals surface area contributed by atoms with Crippen molar-refractivity contribution in [2.75, 3.05) is 51.6 Å². The minimum absolute atomic E-state index is 0.168. The van der Waals surface area contributed by atoms with Crippen LogP contribution >= 0.6 is 0 Å². The molecule has 158 valence electrons. The van der Waals surface area contributed by atoms with E-state index < -0.39 is 9.92 Å². The van der Waals surface area contributed by atoms with Gasteiger partial charge in [-0.05, 0) is 37.7 Å². The van der Waals surface area contributed by atoms with Gasteiger partial charge in [0.2, 0.25) is 0 Å². The maximum Gasteiger partial charge on any atom is 0.162 e. The third-order valence-corrected chi connectivity index (χ3v) is 7.74. The van der Waals surface area contributed by atoms with Gasteiger partial charge in [-0.3, -0.25) is 0 Å². The molecular weight excluding hydrogens is 390 g/mol. The lowest BCUT2D eigenvalue weighted by Crippen LogP contribution is -2.42. The van der Waals surface area contributed by atoms with Crippen LogP contribution in [0, 0.1) is 17.1 Å². The van der Waals surface area contributed by atoms with Gasteiger partial charge in [-0.1, -0.05) is 0 Å². The van der Waals surface area contributed by atoms with Crippen molar-refractivity contribution in [2.45, 2.75) is 26.2 Å². The molecule has 29 heavy (non-hydrogen) atoms. The first-order chi connectivity index (χ1) is 13.8. The lowest BCUT2D eigenvalue weighted by Gasteiger charge is -2.41. The quantitative estimate of drug-likeness (QED) is 0.819. The maximum atomic E-state index is 12.1. The summed E-state index contributed by atoms with van der Waals surface area (Å²) in [5, 5.41) is 9.76. The molecule has 0 aliphatic carbocycles. The van der Waals surface area contributed by atoms with Crippen molar-refractivity contribution in [1.29, 1.82) is 4.78 Å². The molecule has 1 atom stereocenters. The summed E-state index contributed by atoms with van der Waals surface area (Å²) in [4.78, 5) is 2.39. The minimum atomic E-state index is -2.62. The lowest BCUT2D eigenvalue weighted by molar-refractivity contribution is 0.236. The molecule has 4 rings (SSSR count). The Kier molecular flexibility index (Phi) is 5.06. The number of benzene rings is 1. The molecule has 0 saturated carbocycles. The summed E-state index contributed by atoms with van der Waals surface area (Å²) in [5.74, 6) is 1.33. The molecule has 1 spiro atoms. The number of rotatable bonds is 4.